The highest BCUT2D eigenvalue weighted by Crippen LogP contribution is 2.28. The van der Waals surface area contributed by atoms with Gasteiger partial charge in [0.2, 0.25) is 0 Å². The van der Waals surface area contributed by atoms with Gasteiger partial charge in [-0.15, -0.1) is 0 Å². The third-order valence-electron chi connectivity index (χ3n) is 3.03. The van der Waals surface area contributed by atoms with Crippen LogP contribution in [0.4, 0.5) is 13.2 Å². The van der Waals surface area contributed by atoms with Gasteiger partial charge in [-0.1, -0.05) is 51.1 Å². The first-order valence-electron chi connectivity index (χ1n) is 6.86. The molecule has 0 heterocycles. The number of nitriles is 1. The molecule has 6 heteroatoms. The first-order chi connectivity index (χ1) is 10.0. The van der Waals surface area contributed by atoms with Crippen LogP contribution in [0.1, 0.15) is 32.8 Å². The fraction of sp³-hybridized carbons (Fsp3) is 0.500. The molecule has 0 spiro atoms. The molecule has 0 bridgehead atoms. The third kappa shape index (κ3) is 5.40. The molecule has 0 aromatic heterocycles. The summed E-state index contributed by atoms with van der Waals surface area (Å²) >= 11 is 0. The van der Waals surface area contributed by atoms with Crippen LogP contribution in [0.15, 0.2) is 30.3 Å². The fourth-order valence-corrected chi connectivity index (χ4v) is 2.07. The van der Waals surface area contributed by atoms with E-state index in [1.807, 2.05) is 26.8 Å². The predicted octanol–water partition coefficient (Wildman–Crippen LogP) is 3.91. The van der Waals surface area contributed by atoms with Crippen LogP contribution in [0.2, 0.25) is 0 Å². The van der Waals surface area contributed by atoms with Gasteiger partial charge in [-0.2, -0.15) is 18.4 Å². The summed E-state index contributed by atoms with van der Waals surface area (Å²) in [7, 11) is 0. The van der Waals surface area contributed by atoms with Crippen LogP contribution in [0, 0.1) is 16.7 Å². The molecule has 0 saturated heterocycles. The van der Waals surface area contributed by atoms with E-state index in [-0.39, 0.29) is 18.4 Å². The summed E-state index contributed by atoms with van der Waals surface area (Å²) in [4.78, 5) is 12.3. The second-order valence-corrected chi connectivity index (χ2v) is 6.33. The van der Waals surface area contributed by atoms with Gasteiger partial charge >= 0.3 is 12.1 Å². The molecule has 22 heavy (non-hydrogen) atoms. The monoisotopic (exact) mass is 312 g/mol. The molecule has 1 aromatic carbocycles. The standard InChI is InChI=1S/C16H19F3N2O/c1-15(2,3)9-13(10-20)21(14(22)16(17,18)19)11-12-7-5-4-6-8-12/h4-8,13H,9,11H2,1-3H3. The smallest absolute Gasteiger partial charge is 0.314 e. The Morgan fingerprint density at radius 2 is 1.77 bits per heavy atom. The zero-order chi connectivity index (χ0) is 17.0. The lowest BCUT2D eigenvalue weighted by Crippen LogP contribution is -2.47. The third-order valence-corrected chi connectivity index (χ3v) is 3.03. The van der Waals surface area contributed by atoms with Crippen molar-refractivity contribution in [1.82, 2.24) is 4.90 Å². The Hall–Kier alpha value is -2.03. The zero-order valence-electron chi connectivity index (χ0n) is 12.8. The number of amides is 1. The summed E-state index contributed by atoms with van der Waals surface area (Å²) in [6.07, 6.45) is -4.83. The Balaban J connectivity index is 3.10. The fourth-order valence-electron chi connectivity index (χ4n) is 2.07. The lowest BCUT2D eigenvalue weighted by atomic mass is 9.87. The number of benzene rings is 1. The molecule has 1 unspecified atom stereocenters. The molecule has 3 nitrogen and oxygen atoms in total. The van der Waals surface area contributed by atoms with Crippen LogP contribution in [0.5, 0.6) is 0 Å². The molecule has 1 amide bonds. The van der Waals surface area contributed by atoms with E-state index in [0.29, 0.717) is 10.5 Å². The Morgan fingerprint density at radius 1 is 1.23 bits per heavy atom. The molecular formula is C16H19F3N2O. The predicted molar refractivity (Wildman–Crippen MR) is 76.5 cm³/mol. The summed E-state index contributed by atoms with van der Waals surface area (Å²) in [6, 6.07) is 9.05. The normalized spacial score (nSPS) is 13.3. The van der Waals surface area contributed by atoms with Crippen LogP contribution in [0.3, 0.4) is 0 Å². The van der Waals surface area contributed by atoms with E-state index in [1.54, 1.807) is 30.3 Å². The van der Waals surface area contributed by atoms with E-state index in [2.05, 4.69) is 0 Å². The first kappa shape index (κ1) is 18.0. The average Bonchev–Trinajstić information content (AvgIpc) is 2.41. The molecule has 120 valence electrons. The van der Waals surface area contributed by atoms with E-state index >= 15 is 0 Å². The van der Waals surface area contributed by atoms with Gasteiger partial charge in [0.05, 0.1) is 6.07 Å². The van der Waals surface area contributed by atoms with Crippen molar-refractivity contribution >= 4 is 5.91 Å². The van der Waals surface area contributed by atoms with E-state index in [0.717, 1.165) is 0 Å². The molecule has 0 radical (unpaired) electrons. The van der Waals surface area contributed by atoms with E-state index in [4.69, 9.17) is 0 Å². The highest BCUT2D eigenvalue weighted by atomic mass is 19.4. The molecule has 0 saturated carbocycles. The van der Waals surface area contributed by atoms with E-state index < -0.39 is 18.1 Å². The topological polar surface area (TPSA) is 44.1 Å². The molecule has 1 rings (SSSR count). The number of carbonyl (C=O) groups excluding carboxylic acids is 1. The first-order valence-corrected chi connectivity index (χ1v) is 6.86. The van der Waals surface area contributed by atoms with Gasteiger partial charge < -0.3 is 4.90 Å². The minimum Gasteiger partial charge on any atom is -0.314 e. The van der Waals surface area contributed by atoms with Crippen molar-refractivity contribution in [3.05, 3.63) is 35.9 Å². The van der Waals surface area contributed by atoms with E-state index in [9.17, 15) is 23.2 Å². The van der Waals surface area contributed by atoms with Crippen LogP contribution >= 0.6 is 0 Å². The Kier molecular flexibility index (Phi) is 5.59. The molecule has 0 fully saturated rings. The lowest BCUT2D eigenvalue weighted by molar-refractivity contribution is -0.188. The Morgan fingerprint density at radius 3 is 2.18 bits per heavy atom. The van der Waals surface area contributed by atoms with Crippen molar-refractivity contribution in [3.63, 3.8) is 0 Å². The highest BCUT2D eigenvalue weighted by molar-refractivity contribution is 5.82. The number of nitrogens with zero attached hydrogens (tertiary/aromatic N) is 2. The second kappa shape index (κ2) is 6.82. The summed E-state index contributed by atoms with van der Waals surface area (Å²) in [5.41, 5.74) is 0.176. The maximum absolute atomic E-state index is 12.8. The van der Waals surface area contributed by atoms with Crippen molar-refractivity contribution in [2.75, 3.05) is 0 Å². The number of halogens is 3. The molecular weight excluding hydrogens is 293 g/mol. The van der Waals surface area contributed by atoms with Crippen LogP contribution in [-0.4, -0.2) is 23.0 Å². The second-order valence-electron chi connectivity index (χ2n) is 6.33. The summed E-state index contributed by atoms with van der Waals surface area (Å²) < 4.78 is 38.5. The van der Waals surface area contributed by atoms with Crippen molar-refractivity contribution in [2.24, 2.45) is 5.41 Å². The van der Waals surface area contributed by atoms with Crippen molar-refractivity contribution in [2.45, 2.75) is 46.0 Å². The number of hydrogen-bond donors (Lipinski definition) is 0. The van der Waals surface area contributed by atoms with Crippen molar-refractivity contribution < 1.29 is 18.0 Å². The quantitative estimate of drug-likeness (QED) is 0.846. The van der Waals surface area contributed by atoms with Gasteiger partial charge in [-0.25, -0.2) is 0 Å². The number of alkyl halides is 3. The summed E-state index contributed by atoms with van der Waals surface area (Å²) in [6.45, 7) is 5.20. The lowest BCUT2D eigenvalue weighted by Gasteiger charge is -2.32. The van der Waals surface area contributed by atoms with Crippen LogP contribution in [-0.2, 0) is 11.3 Å². The zero-order valence-corrected chi connectivity index (χ0v) is 12.8. The summed E-state index contributed by atoms with van der Waals surface area (Å²) in [5.74, 6) is -1.98. The van der Waals surface area contributed by atoms with Crippen LogP contribution < -0.4 is 0 Å². The highest BCUT2D eigenvalue weighted by Gasteiger charge is 2.45. The van der Waals surface area contributed by atoms with E-state index in [1.165, 1.54) is 0 Å². The Labute approximate surface area is 128 Å². The minimum absolute atomic E-state index is 0.165. The SMILES string of the molecule is CC(C)(C)CC(C#N)N(Cc1ccccc1)C(=O)C(F)(F)F. The van der Waals surface area contributed by atoms with Gasteiger partial charge in [0, 0.05) is 6.54 Å². The van der Waals surface area contributed by atoms with Crippen LogP contribution in [0.25, 0.3) is 0 Å². The average molecular weight is 312 g/mol. The molecule has 0 N–H and O–H groups in total. The molecule has 1 aromatic rings. The van der Waals surface area contributed by atoms with Gasteiger partial charge in [0.1, 0.15) is 6.04 Å². The minimum atomic E-state index is -5.00. The van der Waals surface area contributed by atoms with Gasteiger partial charge in [-0.3, -0.25) is 4.79 Å². The maximum Gasteiger partial charge on any atom is 0.471 e. The van der Waals surface area contributed by atoms with Gasteiger partial charge in [0.25, 0.3) is 0 Å². The van der Waals surface area contributed by atoms with Crippen molar-refractivity contribution in [1.29, 1.82) is 5.26 Å². The maximum atomic E-state index is 12.8. The molecule has 0 aliphatic carbocycles. The number of rotatable bonds is 4. The molecule has 0 aliphatic heterocycles. The summed E-state index contributed by atoms with van der Waals surface area (Å²) in [5, 5.41) is 9.24. The molecule has 1 atom stereocenters. The number of carbonyl (C=O) groups is 1. The molecule has 0 aliphatic rings. The largest absolute Gasteiger partial charge is 0.471 e. The van der Waals surface area contributed by atoms with Gasteiger partial charge in [-0.05, 0) is 17.4 Å². The van der Waals surface area contributed by atoms with Gasteiger partial charge in [0.15, 0.2) is 0 Å². The number of hydrogen-bond acceptors (Lipinski definition) is 2. The Bertz CT molecular complexity index is 541. The van der Waals surface area contributed by atoms with Crippen molar-refractivity contribution in [3.8, 4) is 6.07 Å².